The summed E-state index contributed by atoms with van der Waals surface area (Å²) in [5.74, 6) is 1.05. The molecule has 5 rings (SSSR count). The molecule has 0 fully saturated rings. The van der Waals surface area contributed by atoms with Crippen LogP contribution in [0.15, 0.2) is 61.1 Å². The van der Waals surface area contributed by atoms with Gasteiger partial charge < -0.3 is 9.67 Å². The highest BCUT2D eigenvalue weighted by atomic mass is 16.3. The van der Waals surface area contributed by atoms with Crippen LogP contribution in [-0.2, 0) is 19.5 Å². The van der Waals surface area contributed by atoms with E-state index in [0.29, 0.717) is 0 Å². The fraction of sp³-hybridized carbons (Fsp3) is 0.240. The van der Waals surface area contributed by atoms with Crippen molar-refractivity contribution in [2.24, 2.45) is 0 Å². The van der Waals surface area contributed by atoms with E-state index in [2.05, 4.69) is 39.3 Å². The topological polar surface area (TPSA) is 67.1 Å². The molecule has 1 aliphatic heterocycles. The number of hydrogen-bond donors (Lipinski definition) is 1. The van der Waals surface area contributed by atoms with Gasteiger partial charge in [0, 0.05) is 78.9 Å². The van der Waals surface area contributed by atoms with E-state index in [1.807, 2.05) is 30.5 Å². The number of hydrogen-bond acceptors (Lipinski definition) is 5. The van der Waals surface area contributed by atoms with Crippen molar-refractivity contribution in [3.8, 4) is 22.8 Å². The molecule has 0 atom stereocenters. The summed E-state index contributed by atoms with van der Waals surface area (Å²) in [7, 11) is 0. The molecule has 31 heavy (non-hydrogen) atoms. The zero-order chi connectivity index (χ0) is 21.4. The Bertz CT molecular complexity index is 1230. The molecule has 1 aromatic carbocycles. The van der Waals surface area contributed by atoms with E-state index >= 15 is 0 Å². The van der Waals surface area contributed by atoms with Crippen LogP contribution in [0.5, 0.6) is 5.75 Å². The number of aromatic nitrogens is 4. The SMILES string of the molecule is Cc1cc(CN2CCc3nc(-c4ccncc4)ncc3C2)c(C)n1-c1cccc(O)c1. The minimum Gasteiger partial charge on any atom is -0.508 e. The summed E-state index contributed by atoms with van der Waals surface area (Å²) in [5.41, 5.74) is 8.01. The molecule has 3 aromatic heterocycles. The highest BCUT2D eigenvalue weighted by Crippen LogP contribution is 2.26. The third-order valence-electron chi connectivity index (χ3n) is 5.97. The first kappa shape index (κ1) is 19.5. The van der Waals surface area contributed by atoms with Gasteiger partial charge in [0.2, 0.25) is 0 Å². The Morgan fingerprint density at radius 3 is 2.71 bits per heavy atom. The van der Waals surface area contributed by atoms with Gasteiger partial charge in [-0.3, -0.25) is 9.88 Å². The molecule has 0 saturated carbocycles. The van der Waals surface area contributed by atoms with Gasteiger partial charge >= 0.3 is 0 Å². The van der Waals surface area contributed by atoms with Crippen molar-refractivity contribution < 1.29 is 5.11 Å². The molecule has 0 bridgehead atoms. The quantitative estimate of drug-likeness (QED) is 0.545. The monoisotopic (exact) mass is 411 g/mol. The number of pyridine rings is 1. The van der Waals surface area contributed by atoms with Gasteiger partial charge in [0.15, 0.2) is 5.82 Å². The van der Waals surface area contributed by atoms with E-state index in [-0.39, 0.29) is 5.75 Å². The summed E-state index contributed by atoms with van der Waals surface area (Å²) < 4.78 is 2.21. The molecule has 1 aliphatic rings. The van der Waals surface area contributed by atoms with Crippen LogP contribution < -0.4 is 0 Å². The number of fused-ring (bicyclic) bond motifs is 1. The van der Waals surface area contributed by atoms with Crippen LogP contribution in [0.3, 0.4) is 0 Å². The van der Waals surface area contributed by atoms with Gasteiger partial charge in [0.1, 0.15) is 5.75 Å². The lowest BCUT2D eigenvalue weighted by Gasteiger charge is -2.28. The van der Waals surface area contributed by atoms with Crippen molar-refractivity contribution in [2.75, 3.05) is 6.54 Å². The van der Waals surface area contributed by atoms with Crippen molar-refractivity contribution >= 4 is 0 Å². The molecule has 0 radical (unpaired) electrons. The van der Waals surface area contributed by atoms with E-state index < -0.39 is 0 Å². The summed E-state index contributed by atoms with van der Waals surface area (Å²) in [6, 6.07) is 13.5. The van der Waals surface area contributed by atoms with Crippen molar-refractivity contribution in [3.63, 3.8) is 0 Å². The molecule has 0 unspecified atom stereocenters. The standard InChI is InChI=1S/C25H25N5O/c1-17-12-20(18(2)30(17)22-4-3-5-23(31)13-22)15-29-11-8-24-21(16-29)14-27-25(28-24)19-6-9-26-10-7-19/h3-7,9-10,12-14,31H,8,11,15-16H2,1-2H3. The largest absolute Gasteiger partial charge is 0.508 e. The summed E-state index contributed by atoms with van der Waals surface area (Å²) in [6.07, 6.45) is 6.43. The number of rotatable bonds is 4. The third-order valence-corrected chi connectivity index (χ3v) is 5.97. The highest BCUT2D eigenvalue weighted by Gasteiger charge is 2.21. The average Bonchev–Trinajstić information content (AvgIpc) is 3.06. The van der Waals surface area contributed by atoms with Gasteiger partial charge in [-0.2, -0.15) is 0 Å². The van der Waals surface area contributed by atoms with Crippen molar-refractivity contribution in [1.29, 1.82) is 0 Å². The molecular weight excluding hydrogens is 386 g/mol. The predicted molar refractivity (Wildman–Crippen MR) is 120 cm³/mol. The second kappa shape index (κ2) is 7.96. The van der Waals surface area contributed by atoms with Gasteiger partial charge in [0.05, 0.1) is 5.69 Å². The van der Waals surface area contributed by atoms with Crippen LogP contribution in [-0.4, -0.2) is 36.1 Å². The summed E-state index contributed by atoms with van der Waals surface area (Å²) >= 11 is 0. The molecule has 0 amide bonds. The van der Waals surface area contributed by atoms with E-state index in [1.54, 1.807) is 24.5 Å². The molecule has 0 saturated heterocycles. The molecule has 156 valence electrons. The lowest BCUT2D eigenvalue weighted by atomic mass is 10.1. The van der Waals surface area contributed by atoms with Crippen LogP contribution >= 0.6 is 0 Å². The molecule has 0 spiro atoms. The summed E-state index contributed by atoms with van der Waals surface area (Å²) in [6.45, 7) is 6.95. The highest BCUT2D eigenvalue weighted by molar-refractivity contribution is 5.54. The number of phenolic OH excluding ortho intramolecular Hbond substituents is 1. The maximum absolute atomic E-state index is 9.87. The van der Waals surface area contributed by atoms with Gasteiger partial charge in [-0.05, 0) is 49.7 Å². The first-order valence-electron chi connectivity index (χ1n) is 10.5. The van der Waals surface area contributed by atoms with Crippen LogP contribution in [0.4, 0.5) is 0 Å². The molecule has 4 aromatic rings. The van der Waals surface area contributed by atoms with Gasteiger partial charge in [0.25, 0.3) is 0 Å². The van der Waals surface area contributed by atoms with Crippen molar-refractivity contribution in [3.05, 3.63) is 89.3 Å². The number of aromatic hydroxyl groups is 1. The van der Waals surface area contributed by atoms with E-state index in [4.69, 9.17) is 4.98 Å². The Labute approximate surface area is 181 Å². The lowest BCUT2D eigenvalue weighted by Crippen LogP contribution is -2.31. The van der Waals surface area contributed by atoms with Gasteiger partial charge in [-0.15, -0.1) is 0 Å². The smallest absolute Gasteiger partial charge is 0.159 e. The zero-order valence-corrected chi connectivity index (χ0v) is 17.8. The molecule has 0 aliphatic carbocycles. The fourth-order valence-corrected chi connectivity index (χ4v) is 4.41. The third kappa shape index (κ3) is 3.82. The number of aryl methyl sites for hydroxylation is 1. The first-order valence-corrected chi connectivity index (χ1v) is 10.5. The Morgan fingerprint density at radius 1 is 1.06 bits per heavy atom. The van der Waals surface area contributed by atoms with Crippen molar-refractivity contribution in [2.45, 2.75) is 33.4 Å². The lowest BCUT2D eigenvalue weighted by molar-refractivity contribution is 0.242. The number of phenols is 1. The average molecular weight is 412 g/mol. The first-order chi connectivity index (χ1) is 15.1. The van der Waals surface area contributed by atoms with Crippen LogP contribution in [0.25, 0.3) is 17.1 Å². The minimum atomic E-state index is 0.283. The predicted octanol–water partition coefficient (Wildman–Crippen LogP) is 4.21. The van der Waals surface area contributed by atoms with Crippen LogP contribution in [0, 0.1) is 13.8 Å². The van der Waals surface area contributed by atoms with E-state index in [9.17, 15) is 5.11 Å². The summed E-state index contributed by atoms with van der Waals surface area (Å²) in [5, 5.41) is 9.87. The Hall–Kier alpha value is -3.51. The number of nitrogens with zero attached hydrogens (tertiary/aromatic N) is 5. The Kier molecular flexibility index (Phi) is 5.00. The second-order valence-corrected chi connectivity index (χ2v) is 8.11. The van der Waals surface area contributed by atoms with E-state index in [0.717, 1.165) is 48.8 Å². The zero-order valence-electron chi connectivity index (χ0n) is 17.8. The Morgan fingerprint density at radius 2 is 1.90 bits per heavy atom. The summed E-state index contributed by atoms with van der Waals surface area (Å²) in [4.78, 5) is 15.9. The molecule has 1 N–H and O–H groups in total. The molecular formula is C25H25N5O. The molecule has 6 nitrogen and oxygen atoms in total. The molecule has 4 heterocycles. The fourth-order valence-electron chi connectivity index (χ4n) is 4.41. The molecule has 6 heteroatoms. The normalized spacial score (nSPS) is 13.9. The van der Waals surface area contributed by atoms with Crippen LogP contribution in [0.1, 0.15) is 28.2 Å². The van der Waals surface area contributed by atoms with E-state index in [1.165, 1.54) is 22.5 Å². The van der Waals surface area contributed by atoms with Crippen LogP contribution in [0.2, 0.25) is 0 Å². The van der Waals surface area contributed by atoms with Crippen molar-refractivity contribution in [1.82, 2.24) is 24.4 Å². The van der Waals surface area contributed by atoms with Gasteiger partial charge in [-0.1, -0.05) is 6.07 Å². The minimum absolute atomic E-state index is 0.283. The second-order valence-electron chi connectivity index (χ2n) is 8.11. The number of benzene rings is 1. The van der Waals surface area contributed by atoms with Gasteiger partial charge in [-0.25, -0.2) is 9.97 Å². The Balaban J connectivity index is 1.36. The maximum atomic E-state index is 9.87. The maximum Gasteiger partial charge on any atom is 0.159 e.